The first-order chi connectivity index (χ1) is 9.29. The number of nitrogens with one attached hydrogen (secondary N) is 1. The zero-order valence-corrected chi connectivity index (χ0v) is 12.3. The molecule has 1 fully saturated rings. The van der Waals surface area contributed by atoms with Gasteiger partial charge < -0.3 is 5.32 Å². The molecule has 1 N–H and O–H groups in total. The summed E-state index contributed by atoms with van der Waals surface area (Å²) in [6, 6.07) is 5.54. The molecule has 19 heavy (non-hydrogen) atoms. The molecule has 0 aliphatic carbocycles. The smallest absolute Gasteiger partial charge is 0.134 e. The number of thiazole rings is 1. The Bertz CT molecular complexity index is 577. The van der Waals surface area contributed by atoms with Crippen molar-refractivity contribution in [1.82, 2.24) is 10.3 Å². The van der Waals surface area contributed by atoms with Crippen LogP contribution in [0.1, 0.15) is 24.6 Å². The summed E-state index contributed by atoms with van der Waals surface area (Å²) in [7, 11) is 0. The van der Waals surface area contributed by atoms with E-state index in [0.29, 0.717) is 11.6 Å². The Hall–Kier alpha value is -0.910. The molecular weight excluding hydrogens is 279 g/mol. The molecule has 2 heterocycles. The first-order valence-corrected chi connectivity index (χ1v) is 8.41. The Kier molecular flexibility index (Phi) is 3.86. The van der Waals surface area contributed by atoms with Gasteiger partial charge in [0.1, 0.15) is 10.8 Å². The topological polar surface area (TPSA) is 24.9 Å². The fourth-order valence-electron chi connectivity index (χ4n) is 2.38. The van der Waals surface area contributed by atoms with Gasteiger partial charge in [-0.05, 0) is 37.8 Å². The summed E-state index contributed by atoms with van der Waals surface area (Å²) in [5.41, 5.74) is 1.69. The summed E-state index contributed by atoms with van der Waals surface area (Å²) in [5, 5.41) is 6.26. The van der Waals surface area contributed by atoms with E-state index in [2.05, 4.69) is 15.7 Å². The summed E-state index contributed by atoms with van der Waals surface area (Å²) < 4.78 is 14.0. The molecule has 5 heteroatoms. The number of nitrogens with zero attached hydrogens (tertiary/aromatic N) is 1. The molecule has 0 bridgehead atoms. The van der Waals surface area contributed by atoms with Crippen molar-refractivity contribution in [2.75, 3.05) is 12.8 Å². The van der Waals surface area contributed by atoms with Crippen LogP contribution in [0.5, 0.6) is 0 Å². The minimum atomic E-state index is -0.188. The largest absolute Gasteiger partial charge is 0.309 e. The van der Waals surface area contributed by atoms with E-state index in [-0.39, 0.29) is 5.82 Å². The quantitative estimate of drug-likeness (QED) is 0.863. The first-order valence-electron chi connectivity index (χ1n) is 6.31. The van der Waals surface area contributed by atoms with Crippen LogP contribution in [-0.4, -0.2) is 17.8 Å². The highest BCUT2D eigenvalue weighted by Gasteiger charge is 2.21. The van der Waals surface area contributed by atoms with Gasteiger partial charge in [-0.1, -0.05) is 6.07 Å². The highest BCUT2D eigenvalue weighted by atomic mass is 32.2. The fourth-order valence-corrected chi connectivity index (χ4v) is 3.99. The second-order valence-corrected chi connectivity index (χ2v) is 6.25. The first kappa shape index (κ1) is 13.1. The van der Waals surface area contributed by atoms with Gasteiger partial charge in [-0.3, -0.25) is 0 Å². The molecule has 1 aromatic heterocycles. The van der Waals surface area contributed by atoms with E-state index in [9.17, 15) is 4.39 Å². The summed E-state index contributed by atoms with van der Waals surface area (Å²) in [6.07, 6.45) is 4.27. The predicted octanol–water partition coefficient (Wildman–Crippen LogP) is 4.10. The van der Waals surface area contributed by atoms with Gasteiger partial charge in [-0.25, -0.2) is 9.37 Å². The van der Waals surface area contributed by atoms with Crippen molar-refractivity contribution in [2.24, 2.45) is 0 Å². The van der Waals surface area contributed by atoms with Gasteiger partial charge in [0.15, 0.2) is 0 Å². The Balaban J connectivity index is 1.98. The molecule has 1 aromatic carbocycles. The molecule has 0 radical (unpaired) electrons. The van der Waals surface area contributed by atoms with E-state index in [0.717, 1.165) is 28.6 Å². The van der Waals surface area contributed by atoms with Crippen molar-refractivity contribution in [2.45, 2.75) is 23.8 Å². The SMILES string of the molecule is CSc1cccc(F)c1-c1nc([C@@H]2CCCN2)cs1. The summed E-state index contributed by atoms with van der Waals surface area (Å²) >= 11 is 3.09. The number of hydrogen-bond donors (Lipinski definition) is 1. The molecular formula is C14H15FN2S2. The fraction of sp³-hybridized carbons (Fsp3) is 0.357. The number of thioether (sulfide) groups is 1. The molecule has 1 atom stereocenters. The van der Waals surface area contributed by atoms with Crippen molar-refractivity contribution in [3.8, 4) is 10.6 Å². The number of rotatable bonds is 3. The van der Waals surface area contributed by atoms with Crippen LogP contribution >= 0.6 is 23.1 Å². The van der Waals surface area contributed by atoms with Gasteiger partial charge in [0.25, 0.3) is 0 Å². The molecule has 1 aliphatic heterocycles. The van der Waals surface area contributed by atoms with Crippen LogP contribution in [0.3, 0.4) is 0 Å². The van der Waals surface area contributed by atoms with Crippen LogP contribution in [0.2, 0.25) is 0 Å². The van der Waals surface area contributed by atoms with Crippen molar-refractivity contribution in [3.05, 3.63) is 35.1 Å². The molecule has 0 saturated carbocycles. The average Bonchev–Trinajstić information content (AvgIpc) is 3.08. The van der Waals surface area contributed by atoms with E-state index >= 15 is 0 Å². The van der Waals surface area contributed by atoms with Gasteiger partial charge in [0.2, 0.25) is 0 Å². The second kappa shape index (κ2) is 5.61. The third kappa shape index (κ3) is 2.55. The van der Waals surface area contributed by atoms with Crippen molar-refractivity contribution >= 4 is 23.1 Å². The van der Waals surface area contributed by atoms with Crippen LogP contribution in [0.25, 0.3) is 10.6 Å². The van der Waals surface area contributed by atoms with Gasteiger partial charge >= 0.3 is 0 Å². The minimum Gasteiger partial charge on any atom is -0.309 e. The van der Waals surface area contributed by atoms with Gasteiger partial charge in [0, 0.05) is 10.3 Å². The van der Waals surface area contributed by atoms with E-state index in [1.807, 2.05) is 12.3 Å². The zero-order valence-electron chi connectivity index (χ0n) is 10.6. The summed E-state index contributed by atoms with van der Waals surface area (Å²) in [6.45, 7) is 1.05. The third-order valence-electron chi connectivity index (χ3n) is 3.35. The Morgan fingerprint density at radius 2 is 2.37 bits per heavy atom. The number of hydrogen-bond acceptors (Lipinski definition) is 4. The molecule has 1 aliphatic rings. The molecule has 2 aromatic rings. The zero-order chi connectivity index (χ0) is 13.2. The van der Waals surface area contributed by atoms with Gasteiger partial charge in [0.05, 0.1) is 17.3 Å². The Labute approximate surface area is 120 Å². The van der Waals surface area contributed by atoms with E-state index in [1.165, 1.54) is 23.8 Å². The average molecular weight is 294 g/mol. The van der Waals surface area contributed by atoms with E-state index < -0.39 is 0 Å². The van der Waals surface area contributed by atoms with Crippen molar-refractivity contribution < 1.29 is 4.39 Å². The van der Waals surface area contributed by atoms with Crippen molar-refractivity contribution in [3.63, 3.8) is 0 Å². The lowest BCUT2D eigenvalue weighted by Gasteiger charge is -2.07. The van der Waals surface area contributed by atoms with E-state index in [4.69, 9.17) is 0 Å². The lowest BCUT2D eigenvalue weighted by Crippen LogP contribution is -2.12. The molecule has 3 rings (SSSR count). The third-order valence-corrected chi connectivity index (χ3v) is 5.01. The lowest BCUT2D eigenvalue weighted by molar-refractivity contribution is 0.624. The monoisotopic (exact) mass is 294 g/mol. The van der Waals surface area contributed by atoms with Crippen LogP contribution in [0.15, 0.2) is 28.5 Å². The standard InChI is InChI=1S/C14H15FN2S2/c1-18-12-6-2-4-9(15)13(12)14-17-11(8-19-14)10-5-3-7-16-10/h2,4,6,8,10,16H,3,5,7H2,1H3/t10-/m0/s1. The molecule has 0 amide bonds. The Morgan fingerprint density at radius 1 is 1.47 bits per heavy atom. The van der Waals surface area contributed by atoms with Crippen LogP contribution in [-0.2, 0) is 0 Å². The van der Waals surface area contributed by atoms with Gasteiger partial charge in [-0.2, -0.15) is 0 Å². The molecule has 1 saturated heterocycles. The number of halogens is 1. The molecule has 0 spiro atoms. The van der Waals surface area contributed by atoms with Gasteiger partial charge in [-0.15, -0.1) is 23.1 Å². The maximum absolute atomic E-state index is 14.0. The van der Waals surface area contributed by atoms with Crippen LogP contribution in [0, 0.1) is 5.82 Å². The second-order valence-electron chi connectivity index (χ2n) is 4.54. The predicted molar refractivity (Wildman–Crippen MR) is 79.3 cm³/mol. The number of benzene rings is 1. The van der Waals surface area contributed by atoms with Crippen LogP contribution in [0.4, 0.5) is 4.39 Å². The normalized spacial score (nSPS) is 18.9. The molecule has 100 valence electrons. The summed E-state index contributed by atoms with van der Waals surface area (Å²) in [4.78, 5) is 5.58. The highest BCUT2D eigenvalue weighted by Crippen LogP contribution is 2.36. The highest BCUT2D eigenvalue weighted by molar-refractivity contribution is 7.98. The van der Waals surface area contributed by atoms with Crippen LogP contribution < -0.4 is 5.32 Å². The lowest BCUT2D eigenvalue weighted by atomic mass is 10.2. The minimum absolute atomic E-state index is 0.188. The Morgan fingerprint density at radius 3 is 3.11 bits per heavy atom. The maximum Gasteiger partial charge on any atom is 0.134 e. The molecule has 2 nitrogen and oxygen atoms in total. The summed E-state index contributed by atoms with van der Waals surface area (Å²) in [5.74, 6) is -0.188. The molecule has 0 unspecified atom stereocenters. The van der Waals surface area contributed by atoms with Crippen molar-refractivity contribution in [1.29, 1.82) is 0 Å². The number of aromatic nitrogens is 1. The maximum atomic E-state index is 14.0. The van der Waals surface area contributed by atoms with E-state index in [1.54, 1.807) is 17.8 Å².